The van der Waals surface area contributed by atoms with Crippen molar-refractivity contribution in [3.8, 4) is 0 Å². The van der Waals surface area contributed by atoms with Crippen molar-refractivity contribution in [2.24, 2.45) is 5.84 Å². The highest BCUT2D eigenvalue weighted by Gasteiger charge is 2.43. The number of hydrogen-bond donors (Lipinski definition) is 1. The van der Waals surface area contributed by atoms with Gasteiger partial charge in [-0.05, 0) is 50.2 Å². The average molecular weight is 449 g/mol. The van der Waals surface area contributed by atoms with Gasteiger partial charge in [0.25, 0.3) is 5.91 Å². The lowest BCUT2D eigenvalue weighted by Crippen LogP contribution is -2.61. The summed E-state index contributed by atoms with van der Waals surface area (Å²) < 4.78 is 0.976. The molecule has 1 amide bonds. The minimum atomic E-state index is -0.517. The number of unbranched alkanes of at least 4 members (excludes halogenated alkanes) is 2. The Morgan fingerprint density at radius 3 is 1.85 bits per heavy atom. The van der Waals surface area contributed by atoms with E-state index < -0.39 is 5.54 Å². The van der Waals surface area contributed by atoms with Crippen LogP contribution < -0.4 is 10.9 Å². The molecule has 0 atom stereocenters. The molecule has 2 N–H and O–H groups in total. The number of amides is 1. The zero-order valence-corrected chi connectivity index (χ0v) is 19.0. The molecule has 0 aliphatic heterocycles. The van der Waals surface area contributed by atoms with E-state index in [4.69, 9.17) is 5.84 Å². The van der Waals surface area contributed by atoms with Gasteiger partial charge in [-0.3, -0.25) is 9.69 Å². The summed E-state index contributed by atoms with van der Waals surface area (Å²) in [6.07, 6.45) is 5.92. The van der Waals surface area contributed by atoms with Crippen LogP contribution in [0.2, 0.25) is 0 Å². The van der Waals surface area contributed by atoms with Crippen LogP contribution in [0, 0.1) is 0 Å². The van der Waals surface area contributed by atoms with Crippen LogP contribution in [-0.2, 0) is 4.79 Å². The monoisotopic (exact) mass is 447 g/mol. The van der Waals surface area contributed by atoms with Gasteiger partial charge < -0.3 is 0 Å². The second kappa shape index (κ2) is 12.7. The standard InChI is InChI=1S/C20H34BrN3O.ClH/c1-5-9-15-20(16-10-6-2,23(7-3)8-4)19(25)24(22)18-13-11-17(21)12-14-18;/h11-14H,5-10,15-16,22H2,1-4H3;1H. The third-order valence-electron chi connectivity index (χ3n) is 4.98. The molecule has 0 radical (unpaired) electrons. The molecule has 1 rings (SSSR count). The van der Waals surface area contributed by atoms with Gasteiger partial charge in [-0.15, -0.1) is 12.4 Å². The zero-order chi connectivity index (χ0) is 18.9. The molecule has 1 aromatic carbocycles. The molecule has 0 bridgehead atoms. The molecule has 0 unspecified atom stereocenters. The summed E-state index contributed by atoms with van der Waals surface area (Å²) in [7, 11) is 0. The van der Waals surface area contributed by atoms with Crippen LogP contribution in [0.25, 0.3) is 0 Å². The summed E-state index contributed by atoms with van der Waals surface area (Å²) in [6.45, 7) is 10.3. The lowest BCUT2D eigenvalue weighted by Gasteiger charge is -2.44. The molecule has 0 spiro atoms. The Bertz CT molecular complexity index is 512. The minimum Gasteiger partial charge on any atom is -0.290 e. The SMILES string of the molecule is CCCCC(CCCC)(C(=O)N(N)c1ccc(Br)cc1)N(CC)CC.Cl. The van der Waals surface area contributed by atoms with Crippen molar-refractivity contribution in [2.75, 3.05) is 18.1 Å². The number of carbonyl (C=O) groups excluding carboxylic acids is 1. The molecule has 0 heterocycles. The van der Waals surface area contributed by atoms with Gasteiger partial charge in [-0.1, -0.05) is 69.3 Å². The third kappa shape index (κ3) is 6.22. The van der Waals surface area contributed by atoms with Gasteiger partial charge in [0.1, 0.15) is 5.54 Å². The topological polar surface area (TPSA) is 49.6 Å². The van der Waals surface area contributed by atoms with Gasteiger partial charge in [0.2, 0.25) is 0 Å². The Balaban J connectivity index is 0.00000625. The van der Waals surface area contributed by atoms with E-state index in [0.717, 1.165) is 61.8 Å². The zero-order valence-electron chi connectivity index (χ0n) is 16.6. The molecule has 1 aromatic rings. The smallest absolute Gasteiger partial charge is 0.261 e. The molecule has 0 saturated heterocycles. The van der Waals surface area contributed by atoms with Crippen LogP contribution in [0.3, 0.4) is 0 Å². The highest BCUT2D eigenvalue weighted by Crippen LogP contribution is 2.32. The third-order valence-corrected chi connectivity index (χ3v) is 5.51. The molecule has 4 nitrogen and oxygen atoms in total. The highest BCUT2D eigenvalue weighted by molar-refractivity contribution is 9.10. The van der Waals surface area contributed by atoms with Gasteiger partial charge in [-0.2, -0.15) is 0 Å². The first-order valence-electron chi connectivity index (χ1n) is 9.56. The number of benzene rings is 1. The van der Waals surface area contributed by atoms with Crippen molar-refractivity contribution in [3.05, 3.63) is 28.7 Å². The summed E-state index contributed by atoms with van der Waals surface area (Å²) in [5, 5.41) is 1.36. The van der Waals surface area contributed by atoms with Gasteiger partial charge in [0.15, 0.2) is 0 Å². The molecule has 150 valence electrons. The van der Waals surface area contributed by atoms with Crippen LogP contribution in [0.1, 0.15) is 66.2 Å². The second-order valence-electron chi connectivity index (χ2n) is 6.56. The Labute approximate surface area is 174 Å². The molecule has 0 aliphatic carbocycles. The molecule has 6 heteroatoms. The summed E-state index contributed by atoms with van der Waals surface area (Å²) in [6, 6.07) is 7.60. The first-order valence-corrected chi connectivity index (χ1v) is 10.4. The first-order chi connectivity index (χ1) is 12.0. The van der Waals surface area contributed by atoms with E-state index in [-0.39, 0.29) is 18.3 Å². The number of hydrogen-bond acceptors (Lipinski definition) is 3. The van der Waals surface area contributed by atoms with Crippen LogP contribution in [0.5, 0.6) is 0 Å². The lowest BCUT2D eigenvalue weighted by molar-refractivity contribution is -0.132. The number of rotatable bonds is 11. The largest absolute Gasteiger partial charge is 0.290 e. The van der Waals surface area contributed by atoms with Crippen LogP contribution in [0.4, 0.5) is 5.69 Å². The Morgan fingerprint density at radius 2 is 1.46 bits per heavy atom. The van der Waals surface area contributed by atoms with E-state index in [1.54, 1.807) is 0 Å². The van der Waals surface area contributed by atoms with E-state index >= 15 is 0 Å². The molecular formula is C20H35BrClN3O. The van der Waals surface area contributed by atoms with Crippen molar-refractivity contribution in [1.82, 2.24) is 4.90 Å². The van der Waals surface area contributed by atoms with Gasteiger partial charge >= 0.3 is 0 Å². The number of carbonyl (C=O) groups is 1. The Morgan fingerprint density at radius 1 is 1.00 bits per heavy atom. The average Bonchev–Trinajstić information content (AvgIpc) is 2.63. The predicted molar refractivity (Wildman–Crippen MR) is 118 cm³/mol. The molecule has 26 heavy (non-hydrogen) atoms. The van der Waals surface area contributed by atoms with E-state index in [1.165, 1.54) is 5.01 Å². The maximum Gasteiger partial charge on any atom is 0.261 e. The molecule has 0 aliphatic rings. The molecule has 0 fully saturated rings. The number of likely N-dealkylation sites (N-methyl/N-ethyl adjacent to an activating group) is 1. The summed E-state index contributed by atoms with van der Waals surface area (Å²) in [5.41, 5.74) is 0.217. The van der Waals surface area contributed by atoms with Crippen LogP contribution >= 0.6 is 28.3 Å². The quantitative estimate of drug-likeness (QED) is 0.275. The van der Waals surface area contributed by atoms with E-state index in [0.29, 0.717) is 0 Å². The maximum absolute atomic E-state index is 13.6. The Kier molecular flexibility index (Phi) is 12.4. The van der Waals surface area contributed by atoms with Crippen molar-refractivity contribution in [2.45, 2.75) is 71.8 Å². The predicted octanol–water partition coefficient (Wildman–Crippen LogP) is 5.54. The van der Waals surface area contributed by atoms with Crippen molar-refractivity contribution in [3.63, 3.8) is 0 Å². The van der Waals surface area contributed by atoms with Crippen LogP contribution in [0.15, 0.2) is 28.7 Å². The number of anilines is 1. The molecule has 0 saturated carbocycles. The first kappa shape index (κ1) is 25.4. The van der Waals surface area contributed by atoms with E-state index in [2.05, 4.69) is 48.5 Å². The van der Waals surface area contributed by atoms with Crippen molar-refractivity contribution in [1.29, 1.82) is 0 Å². The number of halogens is 2. The van der Waals surface area contributed by atoms with Gasteiger partial charge in [0.05, 0.1) is 5.69 Å². The fraction of sp³-hybridized carbons (Fsp3) is 0.650. The minimum absolute atomic E-state index is 0. The van der Waals surface area contributed by atoms with Gasteiger partial charge in [0, 0.05) is 4.47 Å². The second-order valence-corrected chi connectivity index (χ2v) is 7.48. The number of hydrazine groups is 1. The van der Waals surface area contributed by atoms with Crippen molar-refractivity contribution < 1.29 is 4.79 Å². The number of nitrogens with zero attached hydrogens (tertiary/aromatic N) is 2. The Hall–Kier alpha value is -0.620. The fourth-order valence-corrected chi connectivity index (χ4v) is 3.77. The molecular weight excluding hydrogens is 414 g/mol. The fourth-order valence-electron chi connectivity index (χ4n) is 3.50. The molecule has 0 aromatic heterocycles. The van der Waals surface area contributed by atoms with E-state index in [9.17, 15) is 4.79 Å². The maximum atomic E-state index is 13.6. The summed E-state index contributed by atoms with van der Waals surface area (Å²) >= 11 is 3.43. The lowest BCUT2D eigenvalue weighted by atomic mass is 9.83. The normalized spacial score (nSPS) is 11.3. The van der Waals surface area contributed by atoms with Crippen molar-refractivity contribution >= 4 is 39.9 Å². The van der Waals surface area contributed by atoms with Crippen LogP contribution in [-0.4, -0.2) is 29.4 Å². The summed E-state index contributed by atoms with van der Waals surface area (Å²) in [5.74, 6) is 6.32. The summed E-state index contributed by atoms with van der Waals surface area (Å²) in [4.78, 5) is 15.9. The van der Waals surface area contributed by atoms with E-state index in [1.807, 2.05) is 24.3 Å². The number of nitrogens with two attached hydrogens (primary N) is 1. The van der Waals surface area contributed by atoms with Gasteiger partial charge in [-0.25, -0.2) is 10.9 Å². The highest BCUT2D eigenvalue weighted by atomic mass is 79.9.